The van der Waals surface area contributed by atoms with E-state index in [1.807, 2.05) is 0 Å². The molecule has 0 N–H and O–H groups in total. The number of alkyl halides is 9. The van der Waals surface area contributed by atoms with Gasteiger partial charge in [-0.25, -0.2) is 5.11 Å². The highest BCUT2D eigenvalue weighted by Crippen LogP contribution is 2.47. The topological polar surface area (TPSA) is 32.8 Å². The van der Waals surface area contributed by atoms with Gasteiger partial charge in [0.25, 0.3) is 0 Å². The van der Waals surface area contributed by atoms with Crippen molar-refractivity contribution in [1.82, 2.24) is 4.98 Å². The normalized spacial score (nSPS) is 13.7. The van der Waals surface area contributed by atoms with Crippen LogP contribution in [0.4, 0.5) is 39.5 Å². The summed E-state index contributed by atoms with van der Waals surface area (Å²) in [6.07, 6.45) is -17.9. The standard InChI is InChI=1S/C9H3F9NO/c10-7(11,12)3-1-19-4(2-20)6(9(16,17)18)5(3)8(13,14)15/h1H,2H2. The maximum Gasteiger partial charge on any atom is 0.418 e. The Hall–Kier alpha value is -1.52. The SMILES string of the molecule is [O]Cc1ncc(C(F)(F)F)c(C(F)(F)F)c1C(F)(F)F. The monoisotopic (exact) mass is 312 g/mol. The first-order valence-electron chi connectivity index (χ1n) is 4.61. The average molecular weight is 312 g/mol. The number of nitrogens with zero attached hydrogens (tertiary/aromatic N) is 1. The molecule has 0 bridgehead atoms. The van der Waals surface area contributed by atoms with Gasteiger partial charge in [-0.3, -0.25) is 4.98 Å². The summed E-state index contributed by atoms with van der Waals surface area (Å²) in [6.45, 7) is -1.84. The molecule has 0 spiro atoms. The average Bonchev–Trinajstić information content (AvgIpc) is 2.23. The van der Waals surface area contributed by atoms with Crippen molar-refractivity contribution in [3.05, 3.63) is 28.6 Å². The summed E-state index contributed by atoms with van der Waals surface area (Å²) in [4.78, 5) is 2.55. The van der Waals surface area contributed by atoms with Gasteiger partial charge in [-0.2, -0.15) is 39.5 Å². The lowest BCUT2D eigenvalue weighted by Crippen LogP contribution is -2.25. The Balaban J connectivity index is 3.87. The van der Waals surface area contributed by atoms with Crippen LogP contribution in [-0.4, -0.2) is 4.98 Å². The molecule has 0 fully saturated rings. The Labute approximate surface area is 104 Å². The number of rotatable bonds is 1. The number of halogens is 9. The highest BCUT2D eigenvalue weighted by molar-refractivity contribution is 5.42. The lowest BCUT2D eigenvalue weighted by molar-refractivity contribution is -0.175. The summed E-state index contributed by atoms with van der Waals surface area (Å²) in [6, 6.07) is 0. The Morgan fingerprint density at radius 3 is 1.55 bits per heavy atom. The minimum absolute atomic E-state index is 0.425. The quantitative estimate of drug-likeness (QED) is 0.720. The van der Waals surface area contributed by atoms with Crippen LogP contribution in [0.25, 0.3) is 0 Å². The molecule has 0 unspecified atom stereocenters. The number of pyridine rings is 1. The van der Waals surface area contributed by atoms with Crippen LogP contribution in [0.2, 0.25) is 0 Å². The van der Waals surface area contributed by atoms with E-state index in [4.69, 9.17) is 0 Å². The lowest BCUT2D eigenvalue weighted by Gasteiger charge is -2.21. The van der Waals surface area contributed by atoms with Gasteiger partial charge >= 0.3 is 18.5 Å². The molecule has 2 nitrogen and oxygen atoms in total. The molecule has 1 radical (unpaired) electrons. The van der Waals surface area contributed by atoms with Crippen LogP contribution < -0.4 is 0 Å². The Kier molecular flexibility index (Phi) is 3.96. The van der Waals surface area contributed by atoms with Gasteiger partial charge in [0.15, 0.2) is 0 Å². The van der Waals surface area contributed by atoms with Crippen LogP contribution in [-0.2, 0) is 30.2 Å². The van der Waals surface area contributed by atoms with Gasteiger partial charge < -0.3 is 0 Å². The Morgan fingerprint density at radius 1 is 0.800 bits per heavy atom. The summed E-state index contributed by atoms with van der Waals surface area (Å²) >= 11 is 0. The highest BCUT2D eigenvalue weighted by atomic mass is 19.4. The number of aromatic nitrogens is 1. The predicted molar refractivity (Wildman–Crippen MR) is 43.6 cm³/mol. The molecule has 1 aromatic heterocycles. The van der Waals surface area contributed by atoms with Crippen LogP contribution >= 0.6 is 0 Å². The maximum absolute atomic E-state index is 12.6. The molecule has 0 aliphatic carbocycles. The first-order valence-corrected chi connectivity index (χ1v) is 4.61. The zero-order chi connectivity index (χ0) is 15.9. The van der Waals surface area contributed by atoms with Crippen molar-refractivity contribution in [2.75, 3.05) is 0 Å². The van der Waals surface area contributed by atoms with E-state index in [1.54, 1.807) is 0 Å². The molecule has 0 aromatic carbocycles. The molecule has 0 amide bonds. The summed E-state index contributed by atoms with van der Waals surface area (Å²) in [5.41, 5.74) is -9.87. The van der Waals surface area contributed by atoms with E-state index >= 15 is 0 Å². The fourth-order valence-corrected chi connectivity index (χ4v) is 1.47. The molecule has 0 aliphatic rings. The third-order valence-corrected chi connectivity index (χ3v) is 2.17. The minimum Gasteiger partial charge on any atom is -0.257 e. The van der Waals surface area contributed by atoms with E-state index in [0.29, 0.717) is 0 Å². The van der Waals surface area contributed by atoms with Crippen molar-refractivity contribution in [1.29, 1.82) is 0 Å². The van der Waals surface area contributed by atoms with Gasteiger partial charge in [0, 0.05) is 6.20 Å². The molecule has 1 heterocycles. The fraction of sp³-hybridized carbons (Fsp3) is 0.444. The molecule has 0 saturated heterocycles. The molecular formula is C9H3F9NO. The van der Waals surface area contributed by atoms with E-state index in [0.717, 1.165) is 0 Å². The maximum atomic E-state index is 12.6. The Bertz CT molecular complexity index is 500. The van der Waals surface area contributed by atoms with Crippen LogP contribution in [0.5, 0.6) is 0 Å². The van der Waals surface area contributed by atoms with Crippen LogP contribution in [0.3, 0.4) is 0 Å². The third kappa shape index (κ3) is 3.14. The van der Waals surface area contributed by atoms with Gasteiger partial charge in [0.1, 0.15) is 6.61 Å². The van der Waals surface area contributed by atoms with Gasteiger partial charge in [0.2, 0.25) is 0 Å². The molecule has 11 heteroatoms. The van der Waals surface area contributed by atoms with Crippen molar-refractivity contribution in [3.63, 3.8) is 0 Å². The molecule has 0 saturated carbocycles. The molecule has 113 valence electrons. The van der Waals surface area contributed by atoms with Crippen LogP contribution in [0.1, 0.15) is 22.4 Å². The first kappa shape index (κ1) is 16.5. The Morgan fingerprint density at radius 2 is 1.25 bits per heavy atom. The van der Waals surface area contributed by atoms with E-state index in [1.165, 1.54) is 0 Å². The second kappa shape index (κ2) is 4.79. The first-order chi connectivity index (χ1) is 8.80. The van der Waals surface area contributed by atoms with Crippen molar-refractivity contribution >= 4 is 0 Å². The van der Waals surface area contributed by atoms with Crippen molar-refractivity contribution in [2.45, 2.75) is 25.1 Å². The second-order valence-corrected chi connectivity index (χ2v) is 3.51. The van der Waals surface area contributed by atoms with E-state index in [9.17, 15) is 44.6 Å². The number of hydrogen-bond donors (Lipinski definition) is 0. The van der Waals surface area contributed by atoms with Gasteiger partial charge in [-0.15, -0.1) is 0 Å². The van der Waals surface area contributed by atoms with Crippen LogP contribution in [0.15, 0.2) is 6.20 Å². The lowest BCUT2D eigenvalue weighted by atomic mass is 9.99. The largest absolute Gasteiger partial charge is 0.418 e. The number of hydrogen-bond acceptors (Lipinski definition) is 1. The molecular weight excluding hydrogens is 309 g/mol. The van der Waals surface area contributed by atoms with E-state index in [2.05, 4.69) is 4.98 Å². The second-order valence-electron chi connectivity index (χ2n) is 3.51. The predicted octanol–water partition coefficient (Wildman–Crippen LogP) is 4.07. The van der Waals surface area contributed by atoms with E-state index < -0.39 is 53.7 Å². The van der Waals surface area contributed by atoms with Crippen molar-refractivity contribution < 1.29 is 44.6 Å². The van der Waals surface area contributed by atoms with Crippen molar-refractivity contribution in [3.8, 4) is 0 Å². The highest BCUT2D eigenvalue weighted by Gasteiger charge is 2.51. The summed E-state index contributed by atoms with van der Waals surface area (Å²) in [5, 5.41) is 10.4. The fourth-order valence-electron chi connectivity index (χ4n) is 1.47. The van der Waals surface area contributed by atoms with E-state index in [-0.39, 0.29) is 0 Å². The summed E-state index contributed by atoms with van der Waals surface area (Å²) in [7, 11) is 0. The molecule has 0 atom stereocenters. The van der Waals surface area contributed by atoms with Crippen molar-refractivity contribution in [2.24, 2.45) is 0 Å². The molecule has 0 aliphatic heterocycles. The molecule has 20 heavy (non-hydrogen) atoms. The summed E-state index contributed by atoms with van der Waals surface area (Å²) < 4.78 is 113. The summed E-state index contributed by atoms with van der Waals surface area (Å²) in [5.74, 6) is 0. The smallest absolute Gasteiger partial charge is 0.257 e. The minimum atomic E-state index is -5.94. The zero-order valence-electron chi connectivity index (χ0n) is 9.04. The zero-order valence-corrected chi connectivity index (χ0v) is 9.04. The molecule has 1 rings (SSSR count). The third-order valence-electron chi connectivity index (χ3n) is 2.17. The van der Waals surface area contributed by atoms with Gasteiger partial charge in [-0.1, -0.05) is 0 Å². The van der Waals surface area contributed by atoms with Crippen LogP contribution in [0, 0.1) is 0 Å². The van der Waals surface area contributed by atoms with Gasteiger partial charge in [0.05, 0.1) is 22.4 Å². The van der Waals surface area contributed by atoms with Gasteiger partial charge in [-0.05, 0) is 0 Å². The molecule has 1 aromatic rings.